The van der Waals surface area contributed by atoms with Crippen molar-refractivity contribution >= 4 is 25.5 Å². The van der Waals surface area contributed by atoms with Gasteiger partial charge in [0.05, 0.1) is 17.5 Å². The molecule has 3 nitrogen and oxygen atoms in total. The largest absolute Gasteiger partial charge is 0.362 e. The molecule has 1 aromatic carbocycles. The van der Waals surface area contributed by atoms with E-state index in [4.69, 9.17) is 9.05 Å². The molecule has 0 saturated heterocycles. The van der Waals surface area contributed by atoms with Gasteiger partial charge in [-0.3, -0.25) is 4.57 Å². The summed E-state index contributed by atoms with van der Waals surface area (Å²) in [6, 6.07) is 5.51. The minimum absolute atomic E-state index is 0.178. The Bertz CT molecular complexity index is 444. The third-order valence-corrected chi connectivity index (χ3v) is 5.34. The highest BCUT2D eigenvalue weighted by molar-refractivity contribution is 7.81. The predicted molar refractivity (Wildman–Crippen MR) is 78.1 cm³/mol. The lowest BCUT2D eigenvalue weighted by Crippen LogP contribution is -2.18. The Morgan fingerprint density at radius 3 is 2.06 bits per heavy atom. The second-order valence-electron chi connectivity index (χ2n) is 4.75. The number of hydrogen-bond acceptors (Lipinski definition) is 4. The Kier molecular flexibility index (Phi) is 5.47. The van der Waals surface area contributed by atoms with Crippen molar-refractivity contribution in [1.29, 1.82) is 0 Å². The molecule has 18 heavy (non-hydrogen) atoms. The Balaban J connectivity index is 3.25. The van der Waals surface area contributed by atoms with Gasteiger partial charge in [0, 0.05) is 4.90 Å². The fourth-order valence-electron chi connectivity index (χ4n) is 1.56. The maximum absolute atomic E-state index is 12.9. The van der Waals surface area contributed by atoms with Crippen molar-refractivity contribution in [3.05, 3.63) is 23.8 Å². The molecule has 0 saturated carbocycles. The summed E-state index contributed by atoms with van der Waals surface area (Å²) in [7, 11) is -3.32. The molecule has 0 bridgehead atoms. The van der Waals surface area contributed by atoms with E-state index < -0.39 is 7.60 Å². The summed E-state index contributed by atoms with van der Waals surface area (Å²) >= 11 is 4.42. The first-order chi connectivity index (χ1) is 8.26. The first-order valence-electron chi connectivity index (χ1n) is 6.02. The lowest BCUT2D eigenvalue weighted by molar-refractivity contribution is 0.150. The molecule has 0 N–H and O–H groups in total. The fourth-order valence-corrected chi connectivity index (χ4v) is 4.17. The average Bonchev–Trinajstić information content (AvgIpc) is 2.19. The summed E-state index contributed by atoms with van der Waals surface area (Å²) in [4.78, 5) is 0.669. The van der Waals surface area contributed by atoms with Crippen LogP contribution in [-0.2, 0) is 13.6 Å². The zero-order chi connectivity index (χ0) is 13.9. The molecule has 0 radical (unpaired) electrons. The minimum atomic E-state index is -3.32. The zero-order valence-corrected chi connectivity index (χ0v) is 13.3. The van der Waals surface area contributed by atoms with Crippen molar-refractivity contribution in [2.75, 3.05) is 0 Å². The van der Waals surface area contributed by atoms with Crippen LogP contribution in [-0.4, -0.2) is 12.2 Å². The van der Waals surface area contributed by atoms with Crippen molar-refractivity contribution in [3.63, 3.8) is 0 Å². The number of thiol groups is 1. The van der Waals surface area contributed by atoms with Crippen LogP contribution in [0.4, 0.5) is 0 Å². The maximum Gasteiger partial charge on any atom is 0.362 e. The topological polar surface area (TPSA) is 35.5 Å². The molecular weight excluding hydrogens is 267 g/mol. The van der Waals surface area contributed by atoms with E-state index in [1.54, 1.807) is 6.07 Å². The van der Waals surface area contributed by atoms with Gasteiger partial charge in [-0.25, -0.2) is 0 Å². The highest BCUT2D eigenvalue weighted by atomic mass is 32.1. The molecular formula is C13H21O3PS. The summed E-state index contributed by atoms with van der Waals surface area (Å²) in [6.45, 7) is 9.27. The Labute approximate surface area is 115 Å². The molecule has 5 heteroatoms. The monoisotopic (exact) mass is 288 g/mol. The van der Waals surface area contributed by atoms with Crippen molar-refractivity contribution in [3.8, 4) is 0 Å². The molecule has 0 heterocycles. The van der Waals surface area contributed by atoms with E-state index in [0.717, 1.165) is 5.56 Å². The molecule has 0 aliphatic heterocycles. The lowest BCUT2D eigenvalue weighted by Gasteiger charge is -2.24. The van der Waals surface area contributed by atoms with Gasteiger partial charge in [-0.15, -0.1) is 12.6 Å². The minimum Gasteiger partial charge on any atom is -0.302 e. The third kappa shape index (κ3) is 3.86. The molecule has 0 aliphatic rings. The molecule has 1 aromatic rings. The number of aryl methyl sites for hydroxylation is 1. The molecule has 102 valence electrons. The highest BCUT2D eigenvalue weighted by Crippen LogP contribution is 2.50. The number of benzene rings is 1. The predicted octanol–water partition coefficient (Wildman–Crippen LogP) is 3.95. The quantitative estimate of drug-likeness (QED) is 0.658. The van der Waals surface area contributed by atoms with Gasteiger partial charge < -0.3 is 9.05 Å². The van der Waals surface area contributed by atoms with Gasteiger partial charge in [-0.1, -0.05) is 12.1 Å². The van der Waals surface area contributed by atoms with Crippen LogP contribution in [0.25, 0.3) is 0 Å². The van der Waals surface area contributed by atoms with E-state index in [-0.39, 0.29) is 12.2 Å². The Hall–Kier alpha value is -0.280. The Morgan fingerprint density at radius 2 is 1.61 bits per heavy atom. The van der Waals surface area contributed by atoms with Gasteiger partial charge >= 0.3 is 7.60 Å². The molecule has 0 amide bonds. The van der Waals surface area contributed by atoms with Gasteiger partial charge in [-0.2, -0.15) is 0 Å². The summed E-state index contributed by atoms with van der Waals surface area (Å²) in [5.74, 6) is 0. The zero-order valence-electron chi connectivity index (χ0n) is 11.5. The molecule has 0 aliphatic carbocycles. The summed E-state index contributed by atoms with van der Waals surface area (Å²) in [6.07, 6.45) is -0.356. The van der Waals surface area contributed by atoms with Crippen LogP contribution in [0.3, 0.4) is 0 Å². The van der Waals surface area contributed by atoms with Crippen LogP contribution in [0.15, 0.2) is 23.1 Å². The lowest BCUT2D eigenvalue weighted by atomic mass is 10.2. The standard InChI is InChI=1S/C13H21O3PS/c1-9(2)15-17(14,16-10(3)4)12-8-6-7-11(5)13(12)18/h6-10,18H,1-5H3. The maximum atomic E-state index is 12.9. The summed E-state index contributed by atoms with van der Waals surface area (Å²) < 4.78 is 24.0. The summed E-state index contributed by atoms with van der Waals surface area (Å²) in [5, 5.41) is 0.535. The second kappa shape index (κ2) is 6.25. The first-order valence-corrected chi connectivity index (χ1v) is 8.01. The molecule has 0 aromatic heterocycles. The normalized spacial score (nSPS) is 12.4. The molecule has 0 atom stereocenters. The molecule has 0 unspecified atom stereocenters. The SMILES string of the molecule is Cc1cccc(P(=O)(OC(C)C)OC(C)C)c1S. The van der Waals surface area contributed by atoms with Crippen molar-refractivity contribution in [2.45, 2.75) is 51.7 Å². The smallest absolute Gasteiger partial charge is 0.302 e. The summed E-state index contributed by atoms with van der Waals surface area (Å²) in [5.41, 5.74) is 0.954. The van der Waals surface area contributed by atoms with Gasteiger partial charge in [-0.05, 0) is 46.2 Å². The number of rotatable bonds is 5. The van der Waals surface area contributed by atoms with Gasteiger partial charge in [0.15, 0.2) is 0 Å². The van der Waals surface area contributed by atoms with Crippen LogP contribution in [0.1, 0.15) is 33.3 Å². The number of hydrogen-bond donors (Lipinski definition) is 1. The van der Waals surface area contributed by atoms with Crippen LogP contribution in [0.5, 0.6) is 0 Å². The van der Waals surface area contributed by atoms with Crippen LogP contribution in [0, 0.1) is 6.92 Å². The van der Waals surface area contributed by atoms with Crippen molar-refractivity contribution < 1.29 is 13.6 Å². The van der Waals surface area contributed by atoms with Crippen LogP contribution in [0.2, 0.25) is 0 Å². The Morgan fingerprint density at radius 1 is 1.11 bits per heavy atom. The van der Waals surface area contributed by atoms with Gasteiger partial charge in [0.1, 0.15) is 0 Å². The van der Waals surface area contributed by atoms with Gasteiger partial charge in [0.25, 0.3) is 0 Å². The molecule has 0 fully saturated rings. The molecule has 1 rings (SSSR count). The highest BCUT2D eigenvalue weighted by Gasteiger charge is 2.32. The van der Waals surface area contributed by atoms with E-state index in [1.807, 2.05) is 46.8 Å². The van der Waals surface area contributed by atoms with Crippen LogP contribution >= 0.6 is 20.2 Å². The van der Waals surface area contributed by atoms with E-state index in [1.165, 1.54) is 0 Å². The van der Waals surface area contributed by atoms with Gasteiger partial charge in [0.2, 0.25) is 0 Å². The fraction of sp³-hybridized carbons (Fsp3) is 0.538. The third-order valence-electron chi connectivity index (χ3n) is 2.21. The van der Waals surface area contributed by atoms with Crippen molar-refractivity contribution in [1.82, 2.24) is 0 Å². The van der Waals surface area contributed by atoms with E-state index in [2.05, 4.69) is 12.6 Å². The van der Waals surface area contributed by atoms with Crippen molar-refractivity contribution in [2.24, 2.45) is 0 Å². The van der Waals surface area contributed by atoms with Crippen LogP contribution < -0.4 is 5.30 Å². The first kappa shape index (κ1) is 15.8. The molecule has 0 spiro atoms. The van der Waals surface area contributed by atoms with E-state index in [9.17, 15) is 4.57 Å². The van der Waals surface area contributed by atoms with E-state index in [0.29, 0.717) is 10.2 Å². The average molecular weight is 288 g/mol. The van der Waals surface area contributed by atoms with E-state index >= 15 is 0 Å². The second-order valence-corrected chi connectivity index (χ2v) is 7.09.